The lowest BCUT2D eigenvalue weighted by molar-refractivity contribution is -0.136. The van der Waals surface area contributed by atoms with Gasteiger partial charge in [0.15, 0.2) is 0 Å². The first kappa shape index (κ1) is 18.2. The largest absolute Gasteiger partial charge is 0.391 e. The van der Waals surface area contributed by atoms with Crippen molar-refractivity contribution in [2.75, 3.05) is 11.9 Å². The second kappa shape index (κ2) is 8.54. The Balaban J connectivity index is 2.62. The number of aryl methyl sites for hydroxylation is 2. The highest BCUT2D eigenvalue weighted by atomic mass is 16.3. The van der Waals surface area contributed by atoms with Crippen LogP contribution in [0.3, 0.4) is 0 Å². The quantitative estimate of drug-likeness (QED) is 0.702. The van der Waals surface area contributed by atoms with Crippen LogP contribution in [0.4, 0.5) is 5.69 Å². The summed E-state index contributed by atoms with van der Waals surface area (Å²) in [6.45, 7) is 7.90. The molecule has 0 aliphatic carbocycles. The molecular weight excluding hydrogens is 280 g/mol. The van der Waals surface area contributed by atoms with E-state index in [4.69, 9.17) is 0 Å². The summed E-state index contributed by atoms with van der Waals surface area (Å²) in [7, 11) is 0. The number of benzene rings is 1. The minimum atomic E-state index is -0.739. The van der Waals surface area contributed by atoms with Crippen LogP contribution in [-0.4, -0.2) is 29.6 Å². The summed E-state index contributed by atoms with van der Waals surface area (Å²) >= 11 is 0. The van der Waals surface area contributed by atoms with Gasteiger partial charge in [-0.05, 0) is 42.0 Å². The summed E-state index contributed by atoms with van der Waals surface area (Å²) in [5.74, 6) is -1.43. The highest BCUT2D eigenvalue weighted by Gasteiger charge is 2.16. The Morgan fingerprint density at radius 3 is 2.27 bits per heavy atom. The molecule has 5 heteroatoms. The molecule has 1 unspecified atom stereocenters. The standard InChI is InChI=1S/C17H26N2O3/c1-5-12-7-8-14(9-13(12)6-2)19-17(22)16(21)18-10-15(20)11(3)4/h7-9,11,15,20H,5-6,10H2,1-4H3,(H,18,21)(H,19,22). The Hall–Kier alpha value is -1.88. The maximum atomic E-state index is 11.8. The van der Waals surface area contributed by atoms with E-state index in [2.05, 4.69) is 24.5 Å². The lowest BCUT2D eigenvalue weighted by Gasteiger charge is -2.15. The fourth-order valence-corrected chi connectivity index (χ4v) is 2.08. The van der Waals surface area contributed by atoms with E-state index < -0.39 is 17.9 Å². The van der Waals surface area contributed by atoms with Crippen LogP contribution in [0, 0.1) is 5.92 Å². The van der Waals surface area contributed by atoms with Crippen molar-refractivity contribution in [1.82, 2.24) is 5.32 Å². The average Bonchev–Trinajstić information content (AvgIpc) is 2.51. The van der Waals surface area contributed by atoms with Gasteiger partial charge in [-0.15, -0.1) is 0 Å². The van der Waals surface area contributed by atoms with E-state index in [0.717, 1.165) is 18.4 Å². The molecule has 122 valence electrons. The van der Waals surface area contributed by atoms with Gasteiger partial charge in [-0.2, -0.15) is 0 Å². The molecule has 1 atom stereocenters. The lowest BCUT2D eigenvalue weighted by atomic mass is 10.0. The van der Waals surface area contributed by atoms with Gasteiger partial charge in [0, 0.05) is 12.2 Å². The van der Waals surface area contributed by atoms with Gasteiger partial charge in [-0.25, -0.2) is 0 Å². The summed E-state index contributed by atoms with van der Waals surface area (Å²) in [5.41, 5.74) is 3.01. The molecule has 2 amide bonds. The molecule has 0 heterocycles. The van der Waals surface area contributed by atoms with Crippen LogP contribution >= 0.6 is 0 Å². The second-order valence-corrected chi connectivity index (χ2v) is 5.67. The van der Waals surface area contributed by atoms with Crippen LogP contribution in [0.1, 0.15) is 38.8 Å². The molecule has 22 heavy (non-hydrogen) atoms. The van der Waals surface area contributed by atoms with Gasteiger partial charge in [0.1, 0.15) is 0 Å². The summed E-state index contributed by atoms with van der Waals surface area (Å²) < 4.78 is 0. The molecule has 1 aromatic rings. The molecule has 0 saturated carbocycles. The van der Waals surface area contributed by atoms with E-state index in [0.29, 0.717) is 5.69 Å². The van der Waals surface area contributed by atoms with Crippen LogP contribution in [0.25, 0.3) is 0 Å². The zero-order valence-corrected chi connectivity index (χ0v) is 13.8. The van der Waals surface area contributed by atoms with Crippen LogP contribution in [0.5, 0.6) is 0 Å². The summed E-state index contributed by atoms with van der Waals surface area (Å²) in [6.07, 6.45) is 1.15. The molecule has 0 aromatic heterocycles. The number of carbonyl (C=O) groups excluding carboxylic acids is 2. The molecule has 0 aliphatic heterocycles. The third-order valence-corrected chi connectivity index (χ3v) is 3.67. The van der Waals surface area contributed by atoms with Gasteiger partial charge in [-0.3, -0.25) is 9.59 Å². The minimum Gasteiger partial charge on any atom is -0.391 e. The van der Waals surface area contributed by atoms with E-state index in [-0.39, 0.29) is 12.5 Å². The van der Waals surface area contributed by atoms with Crippen molar-refractivity contribution >= 4 is 17.5 Å². The van der Waals surface area contributed by atoms with E-state index in [1.165, 1.54) is 5.56 Å². The van der Waals surface area contributed by atoms with Gasteiger partial charge in [0.05, 0.1) is 6.10 Å². The van der Waals surface area contributed by atoms with Gasteiger partial charge >= 0.3 is 11.8 Å². The second-order valence-electron chi connectivity index (χ2n) is 5.67. The van der Waals surface area contributed by atoms with Crippen molar-refractivity contribution in [3.05, 3.63) is 29.3 Å². The third kappa shape index (κ3) is 5.15. The lowest BCUT2D eigenvalue weighted by Crippen LogP contribution is -2.40. The minimum absolute atomic E-state index is 0.0251. The fourth-order valence-electron chi connectivity index (χ4n) is 2.08. The van der Waals surface area contributed by atoms with Crippen LogP contribution in [0.2, 0.25) is 0 Å². The van der Waals surface area contributed by atoms with Crippen molar-refractivity contribution in [3.63, 3.8) is 0 Å². The van der Waals surface area contributed by atoms with Crippen molar-refractivity contribution < 1.29 is 14.7 Å². The summed E-state index contributed by atoms with van der Waals surface area (Å²) in [5, 5.41) is 14.6. The predicted octanol–water partition coefficient (Wildman–Crippen LogP) is 1.88. The zero-order chi connectivity index (χ0) is 16.7. The number of hydrogen-bond acceptors (Lipinski definition) is 3. The molecule has 0 spiro atoms. The first-order valence-electron chi connectivity index (χ1n) is 7.78. The van der Waals surface area contributed by atoms with Gasteiger partial charge < -0.3 is 15.7 Å². The molecule has 3 N–H and O–H groups in total. The predicted molar refractivity (Wildman–Crippen MR) is 87.7 cm³/mol. The number of nitrogens with one attached hydrogen (secondary N) is 2. The van der Waals surface area contributed by atoms with Gasteiger partial charge in [0.2, 0.25) is 0 Å². The van der Waals surface area contributed by atoms with Crippen LogP contribution in [0.15, 0.2) is 18.2 Å². The number of amides is 2. The molecule has 0 bridgehead atoms. The van der Waals surface area contributed by atoms with E-state index in [1.54, 1.807) is 6.07 Å². The molecule has 0 radical (unpaired) electrons. The molecule has 1 aromatic carbocycles. The number of rotatable bonds is 6. The highest BCUT2D eigenvalue weighted by molar-refractivity contribution is 6.39. The fraction of sp³-hybridized carbons (Fsp3) is 0.529. The van der Waals surface area contributed by atoms with Gasteiger partial charge in [-0.1, -0.05) is 33.8 Å². The number of anilines is 1. The summed E-state index contributed by atoms with van der Waals surface area (Å²) in [4.78, 5) is 23.6. The topological polar surface area (TPSA) is 78.4 Å². The van der Waals surface area contributed by atoms with Gasteiger partial charge in [0.25, 0.3) is 0 Å². The monoisotopic (exact) mass is 306 g/mol. The first-order valence-corrected chi connectivity index (χ1v) is 7.78. The smallest absolute Gasteiger partial charge is 0.313 e. The maximum Gasteiger partial charge on any atom is 0.313 e. The average molecular weight is 306 g/mol. The zero-order valence-electron chi connectivity index (χ0n) is 13.8. The van der Waals surface area contributed by atoms with Crippen molar-refractivity contribution in [2.24, 2.45) is 5.92 Å². The third-order valence-electron chi connectivity index (χ3n) is 3.67. The molecule has 1 rings (SSSR count). The Morgan fingerprint density at radius 2 is 1.73 bits per heavy atom. The Labute approximate surface area is 132 Å². The van der Waals surface area contributed by atoms with Crippen molar-refractivity contribution in [2.45, 2.75) is 46.6 Å². The first-order chi connectivity index (χ1) is 10.4. The van der Waals surface area contributed by atoms with Crippen molar-refractivity contribution in [1.29, 1.82) is 0 Å². The van der Waals surface area contributed by atoms with Crippen molar-refractivity contribution in [3.8, 4) is 0 Å². The SMILES string of the molecule is CCc1ccc(NC(=O)C(=O)NCC(O)C(C)C)cc1CC. The molecular formula is C17H26N2O3. The Bertz CT molecular complexity index is 527. The number of aliphatic hydroxyl groups is 1. The number of carbonyl (C=O) groups is 2. The van der Waals surface area contributed by atoms with Crippen LogP contribution in [-0.2, 0) is 22.4 Å². The van der Waals surface area contributed by atoms with E-state index in [9.17, 15) is 14.7 Å². The number of hydrogen-bond donors (Lipinski definition) is 3. The molecule has 0 saturated heterocycles. The summed E-state index contributed by atoms with van der Waals surface area (Å²) in [6, 6.07) is 5.66. The Morgan fingerprint density at radius 1 is 1.09 bits per heavy atom. The number of aliphatic hydroxyl groups excluding tert-OH is 1. The molecule has 5 nitrogen and oxygen atoms in total. The van der Waals surface area contributed by atoms with E-state index in [1.807, 2.05) is 26.0 Å². The molecule has 0 aliphatic rings. The van der Waals surface area contributed by atoms with Crippen LogP contribution < -0.4 is 10.6 Å². The van der Waals surface area contributed by atoms with E-state index >= 15 is 0 Å². The Kier molecular flexibility index (Phi) is 7.05. The normalized spacial score (nSPS) is 12.1. The molecule has 0 fully saturated rings. The maximum absolute atomic E-state index is 11.8. The highest BCUT2D eigenvalue weighted by Crippen LogP contribution is 2.17.